The number of aromatic amines is 1. The zero-order chi connectivity index (χ0) is 26.4. The first-order chi connectivity index (χ1) is 17.2. The molecule has 3 rings (SSSR count). The lowest BCUT2D eigenvalue weighted by Gasteiger charge is -2.31. The number of esters is 2. The van der Waals surface area contributed by atoms with Crippen molar-refractivity contribution >= 4 is 46.7 Å². The summed E-state index contributed by atoms with van der Waals surface area (Å²) in [5, 5.41) is 3.51. The van der Waals surface area contributed by atoms with Crippen LogP contribution in [0.25, 0.3) is 0 Å². The smallest absolute Gasteiger partial charge is 0.336 e. The van der Waals surface area contributed by atoms with Crippen molar-refractivity contribution in [1.82, 2.24) is 15.3 Å². The Balaban J connectivity index is 2.07. The molecule has 0 saturated heterocycles. The van der Waals surface area contributed by atoms with Crippen LogP contribution in [0.4, 0.5) is 0 Å². The normalized spacial score (nSPS) is 15.6. The van der Waals surface area contributed by atoms with Gasteiger partial charge < -0.3 is 24.5 Å². The van der Waals surface area contributed by atoms with Crippen molar-refractivity contribution in [3.8, 4) is 0 Å². The van der Waals surface area contributed by atoms with Gasteiger partial charge in [0, 0.05) is 11.8 Å². The predicted molar refractivity (Wildman–Crippen MR) is 135 cm³/mol. The van der Waals surface area contributed by atoms with Crippen LogP contribution in [0.15, 0.2) is 51.6 Å². The molecule has 1 aromatic carbocycles. The minimum absolute atomic E-state index is 0.0329. The first-order valence-corrected chi connectivity index (χ1v) is 12.1. The molecule has 1 aliphatic heterocycles. The van der Waals surface area contributed by atoms with Crippen LogP contribution in [0.5, 0.6) is 0 Å². The third kappa shape index (κ3) is 6.10. The Morgan fingerprint density at radius 2 is 1.89 bits per heavy atom. The van der Waals surface area contributed by atoms with Gasteiger partial charge in [-0.1, -0.05) is 35.3 Å². The molecule has 0 fully saturated rings. The van der Waals surface area contributed by atoms with E-state index in [1.165, 1.54) is 13.2 Å². The molecule has 0 radical (unpaired) electrons. The summed E-state index contributed by atoms with van der Waals surface area (Å²) in [6.07, 6.45) is 0. The Morgan fingerprint density at radius 1 is 1.14 bits per heavy atom. The molecule has 2 aromatic rings. The first-order valence-electron chi connectivity index (χ1n) is 10.8. The number of carbonyl (C=O) groups is 2. The van der Waals surface area contributed by atoms with E-state index in [0.29, 0.717) is 28.5 Å². The molecule has 0 amide bonds. The van der Waals surface area contributed by atoms with Gasteiger partial charge in [0.25, 0.3) is 5.56 Å². The second kappa shape index (κ2) is 12.4. The number of aromatic nitrogens is 2. The number of nitrogens with one attached hydrogen (secondary N) is 2. The van der Waals surface area contributed by atoms with Gasteiger partial charge in [-0.3, -0.25) is 4.79 Å². The molecular formula is C24H24Cl3N3O6. The van der Waals surface area contributed by atoms with Crippen LogP contribution in [-0.2, 0) is 36.3 Å². The monoisotopic (exact) mass is 555 g/mol. The zero-order valence-electron chi connectivity index (χ0n) is 19.7. The molecule has 36 heavy (non-hydrogen) atoms. The molecular weight excluding hydrogens is 533 g/mol. The van der Waals surface area contributed by atoms with Crippen LogP contribution in [-0.4, -0.2) is 42.2 Å². The quantitative estimate of drug-likeness (QED) is 0.352. The molecule has 2 heterocycles. The number of carbonyl (C=O) groups excluding carboxylic acids is 2. The first kappa shape index (κ1) is 27.7. The van der Waals surface area contributed by atoms with Crippen molar-refractivity contribution in [2.75, 3.05) is 20.3 Å². The summed E-state index contributed by atoms with van der Waals surface area (Å²) >= 11 is 18.6. The van der Waals surface area contributed by atoms with Gasteiger partial charge in [-0.25, -0.2) is 14.6 Å². The lowest BCUT2D eigenvalue weighted by Crippen LogP contribution is -2.34. The van der Waals surface area contributed by atoms with Gasteiger partial charge in [0.2, 0.25) is 0 Å². The van der Waals surface area contributed by atoms with Crippen molar-refractivity contribution in [1.29, 1.82) is 0 Å². The number of nitrogens with zero attached hydrogens (tertiary/aromatic N) is 1. The largest absolute Gasteiger partial charge is 0.466 e. The van der Waals surface area contributed by atoms with Crippen molar-refractivity contribution in [3.05, 3.63) is 84.3 Å². The maximum Gasteiger partial charge on any atom is 0.336 e. The maximum atomic E-state index is 13.2. The fraction of sp³-hybridized carbons (Fsp3) is 0.333. The van der Waals surface area contributed by atoms with E-state index < -0.39 is 17.9 Å². The van der Waals surface area contributed by atoms with Gasteiger partial charge in [0.05, 0.1) is 71.3 Å². The van der Waals surface area contributed by atoms with Crippen molar-refractivity contribution in [2.24, 2.45) is 0 Å². The van der Waals surface area contributed by atoms with E-state index in [2.05, 4.69) is 15.3 Å². The number of dihydropyridines is 1. The number of ether oxygens (including phenoxy) is 3. The van der Waals surface area contributed by atoms with E-state index in [-0.39, 0.29) is 52.5 Å². The number of methoxy groups -OCH3 is 1. The second-order valence-corrected chi connectivity index (χ2v) is 8.71. The highest BCUT2D eigenvalue weighted by molar-refractivity contribution is 6.42. The van der Waals surface area contributed by atoms with Gasteiger partial charge >= 0.3 is 11.9 Å². The Bertz CT molecular complexity index is 1290. The number of halogens is 3. The Hall–Kier alpha value is -2.85. The standard InChI is InChI=1S/C24H24Cl3N3O6/c1-4-36-24(33)21-16(11-35-10-13-8-18(31)30-17(9-25)29-13)28-12(2)19(23(32)34-3)20(21)14-6-5-7-15(26)22(14)27/h5-8,20,28H,4,9-11H2,1-3H3,(H,29,30,31). The van der Waals surface area contributed by atoms with E-state index >= 15 is 0 Å². The summed E-state index contributed by atoms with van der Waals surface area (Å²) in [6.45, 7) is 3.30. The Kier molecular flexibility index (Phi) is 9.56. The number of benzene rings is 1. The van der Waals surface area contributed by atoms with Crippen LogP contribution in [0.1, 0.15) is 36.8 Å². The Labute approximate surface area is 222 Å². The highest BCUT2D eigenvalue weighted by atomic mass is 35.5. The fourth-order valence-corrected chi connectivity index (χ4v) is 4.40. The molecule has 1 atom stereocenters. The van der Waals surface area contributed by atoms with Crippen LogP contribution in [0, 0.1) is 0 Å². The SMILES string of the molecule is CCOC(=O)C1=C(COCc2cc(=O)[nH]c(CCl)n2)NC(C)=C(C(=O)OC)C1c1cccc(Cl)c1Cl. The average molecular weight is 557 g/mol. The number of alkyl halides is 1. The third-order valence-corrected chi connectivity index (χ3v) is 6.39. The van der Waals surface area contributed by atoms with E-state index in [1.54, 1.807) is 32.0 Å². The minimum Gasteiger partial charge on any atom is -0.466 e. The summed E-state index contributed by atoms with van der Waals surface area (Å²) in [5.41, 5.74) is 1.51. The maximum absolute atomic E-state index is 13.2. The number of H-pyrrole nitrogens is 1. The molecule has 0 aliphatic carbocycles. The summed E-state index contributed by atoms with van der Waals surface area (Å²) in [4.78, 5) is 44.6. The second-order valence-electron chi connectivity index (χ2n) is 7.65. The van der Waals surface area contributed by atoms with Crippen LogP contribution >= 0.6 is 34.8 Å². The molecule has 1 aromatic heterocycles. The number of allylic oxidation sites excluding steroid dienone is 1. The Morgan fingerprint density at radius 3 is 2.56 bits per heavy atom. The third-order valence-electron chi connectivity index (χ3n) is 5.30. The molecule has 0 saturated carbocycles. The minimum atomic E-state index is -0.942. The van der Waals surface area contributed by atoms with Gasteiger partial charge in [0.1, 0.15) is 5.82 Å². The zero-order valence-corrected chi connectivity index (χ0v) is 22.0. The van der Waals surface area contributed by atoms with Crippen LogP contribution in [0.3, 0.4) is 0 Å². The predicted octanol–water partition coefficient (Wildman–Crippen LogP) is 3.98. The van der Waals surface area contributed by atoms with Gasteiger partial charge in [0.15, 0.2) is 0 Å². The van der Waals surface area contributed by atoms with Crippen molar-refractivity contribution < 1.29 is 23.8 Å². The van der Waals surface area contributed by atoms with Gasteiger partial charge in [-0.15, -0.1) is 11.6 Å². The van der Waals surface area contributed by atoms with E-state index in [4.69, 9.17) is 49.0 Å². The molecule has 12 heteroatoms. The van der Waals surface area contributed by atoms with E-state index in [0.717, 1.165) is 0 Å². The van der Waals surface area contributed by atoms with Gasteiger partial charge in [-0.05, 0) is 25.5 Å². The number of rotatable bonds is 9. The lowest BCUT2D eigenvalue weighted by atomic mass is 9.80. The van der Waals surface area contributed by atoms with Gasteiger partial charge in [-0.2, -0.15) is 0 Å². The van der Waals surface area contributed by atoms with E-state index in [9.17, 15) is 14.4 Å². The number of hydrogen-bond donors (Lipinski definition) is 2. The van der Waals surface area contributed by atoms with Crippen molar-refractivity contribution in [2.45, 2.75) is 32.3 Å². The lowest BCUT2D eigenvalue weighted by molar-refractivity contribution is -0.139. The average Bonchev–Trinajstić information content (AvgIpc) is 2.84. The summed E-state index contributed by atoms with van der Waals surface area (Å²) in [6, 6.07) is 6.23. The molecule has 0 spiro atoms. The topological polar surface area (TPSA) is 120 Å². The molecule has 9 nitrogen and oxygen atoms in total. The molecule has 1 aliphatic rings. The molecule has 2 N–H and O–H groups in total. The molecule has 1 unspecified atom stereocenters. The molecule has 0 bridgehead atoms. The van der Waals surface area contributed by atoms with Crippen LogP contribution < -0.4 is 10.9 Å². The van der Waals surface area contributed by atoms with Crippen molar-refractivity contribution in [3.63, 3.8) is 0 Å². The molecule has 192 valence electrons. The van der Waals surface area contributed by atoms with E-state index in [1.807, 2.05) is 0 Å². The highest BCUT2D eigenvalue weighted by Gasteiger charge is 2.40. The van der Waals surface area contributed by atoms with Crippen LogP contribution in [0.2, 0.25) is 10.0 Å². The highest BCUT2D eigenvalue weighted by Crippen LogP contribution is 2.43. The summed E-state index contributed by atoms with van der Waals surface area (Å²) in [7, 11) is 1.25. The number of hydrogen-bond acceptors (Lipinski definition) is 8. The fourth-order valence-electron chi connectivity index (χ4n) is 3.85. The summed E-state index contributed by atoms with van der Waals surface area (Å²) in [5.74, 6) is -1.92. The summed E-state index contributed by atoms with van der Waals surface area (Å²) < 4.78 is 16.1.